The third kappa shape index (κ3) is 6.10. The summed E-state index contributed by atoms with van der Waals surface area (Å²) in [5, 5.41) is 0. The van der Waals surface area contributed by atoms with Gasteiger partial charge in [-0.25, -0.2) is 4.79 Å². The molecular weight excluding hydrogens is 535 g/mol. The predicted molar refractivity (Wildman–Crippen MR) is 97.2 cm³/mol. The van der Waals surface area contributed by atoms with Crippen molar-refractivity contribution in [2.24, 2.45) is 0 Å². The Morgan fingerprint density at radius 3 is 1.67 bits per heavy atom. The van der Waals surface area contributed by atoms with Crippen LogP contribution in [-0.2, 0) is 4.74 Å². The van der Waals surface area contributed by atoms with Crippen molar-refractivity contribution >= 4 is 5.97 Å². The molecule has 0 fully saturated rings. The first kappa shape index (κ1) is 31.6. The Morgan fingerprint density at radius 1 is 0.694 bits per heavy atom. The first-order valence-electron chi connectivity index (χ1n) is 10.0. The highest BCUT2D eigenvalue weighted by molar-refractivity contribution is 5.89. The number of alkyl halides is 13. The van der Waals surface area contributed by atoms with Crippen LogP contribution in [0.4, 0.5) is 57.1 Å². The summed E-state index contributed by atoms with van der Waals surface area (Å²) in [6.07, 6.45) is -7.71. The van der Waals surface area contributed by atoms with Crippen molar-refractivity contribution in [3.63, 3.8) is 0 Å². The highest BCUT2D eigenvalue weighted by Crippen LogP contribution is 2.60. The maximum atomic E-state index is 13.7. The Balaban J connectivity index is 2.89. The summed E-state index contributed by atoms with van der Waals surface area (Å²) in [5.74, 6) is -38.3. The van der Waals surface area contributed by atoms with Crippen LogP contribution in [0.15, 0.2) is 24.3 Å². The minimum absolute atomic E-state index is 0.0387. The molecule has 3 nitrogen and oxygen atoms in total. The monoisotopic (exact) mass is 554 g/mol. The van der Waals surface area contributed by atoms with E-state index >= 15 is 0 Å². The molecule has 0 spiro atoms. The topological polar surface area (TPSA) is 35.5 Å². The molecule has 0 amide bonds. The average molecular weight is 554 g/mol. The number of benzene rings is 1. The minimum Gasteiger partial charge on any atom is -0.493 e. The van der Waals surface area contributed by atoms with Crippen molar-refractivity contribution in [2.45, 2.75) is 68.4 Å². The predicted octanol–water partition coefficient (Wildman–Crippen LogP) is 7.54. The smallest absolute Gasteiger partial charge is 0.460 e. The fraction of sp³-hybridized carbons (Fsp3) is 0.650. The normalized spacial score (nSPS) is 14.1. The molecule has 0 aliphatic carbocycles. The number of esters is 1. The molecule has 0 aliphatic heterocycles. The zero-order chi connectivity index (χ0) is 28.2. The number of carbonyl (C=O) groups excluding carboxylic acids is 1. The SMILES string of the molecule is CCCCCOC(=O)c1ccc(OCCC(F)(F)C(F)(F)C(F)(F)C(F)(F)C(F)(F)C(F)(F)F)cc1. The van der Waals surface area contributed by atoms with Crippen molar-refractivity contribution < 1.29 is 71.3 Å². The quantitative estimate of drug-likeness (QED) is 0.144. The van der Waals surface area contributed by atoms with E-state index in [-0.39, 0.29) is 12.2 Å². The fourth-order valence-corrected chi connectivity index (χ4v) is 2.54. The third-order valence-electron chi connectivity index (χ3n) is 4.75. The van der Waals surface area contributed by atoms with Gasteiger partial charge in [0, 0.05) is 0 Å². The van der Waals surface area contributed by atoms with Gasteiger partial charge < -0.3 is 9.47 Å². The lowest BCUT2D eigenvalue weighted by Gasteiger charge is -2.39. The second-order valence-corrected chi connectivity index (χ2v) is 7.47. The van der Waals surface area contributed by atoms with Gasteiger partial charge in [-0.3, -0.25) is 0 Å². The molecule has 0 heterocycles. The number of ether oxygens (including phenoxy) is 2. The Labute approximate surface area is 195 Å². The average Bonchev–Trinajstić information content (AvgIpc) is 2.75. The summed E-state index contributed by atoms with van der Waals surface area (Å²) in [7, 11) is 0. The molecule has 0 atom stereocenters. The zero-order valence-electron chi connectivity index (χ0n) is 18.2. The van der Waals surface area contributed by atoms with Crippen LogP contribution in [0.2, 0.25) is 0 Å². The lowest BCUT2D eigenvalue weighted by molar-refractivity contribution is -0.440. The van der Waals surface area contributed by atoms with Crippen LogP contribution >= 0.6 is 0 Å². The maximum absolute atomic E-state index is 13.7. The van der Waals surface area contributed by atoms with Crippen LogP contribution in [0.3, 0.4) is 0 Å². The van der Waals surface area contributed by atoms with Crippen molar-refractivity contribution in [1.29, 1.82) is 0 Å². The van der Waals surface area contributed by atoms with Gasteiger partial charge in [-0.05, 0) is 30.7 Å². The van der Waals surface area contributed by atoms with Crippen molar-refractivity contribution in [3.05, 3.63) is 29.8 Å². The van der Waals surface area contributed by atoms with Crippen LogP contribution < -0.4 is 4.74 Å². The van der Waals surface area contributed by atoms with E-state index < -0.39 is 60.5 Å². The molecule has 0 aliphatic rings. The molecule has 0 saturated carbocycles. The van der Waals surface area contributed by atoms with Crippen molar-refractivity contribution in [1.82, 2.24) is 0 Å². The van der Waals surface area contributed by atoms with Gasteiger partial charge in [0.2, 0.25) is 0 Å². The molecule has 1 aromatic rings. The van der Waals surface area contributed by atoms with Crippen LogP contribution in [-0.4, -0.2) is 55.0 Å². The largest absolute Gasteiger partial charge is 0.493 e. The van der Waals surface area contributed by atoms with E-state index in [0.717, 1.165) is 37.1 Å². The molecule has 0 aromatic heterocycles. The van der Waals surface area contributed by atoms with Gasteiger partial charge in [-0.1, -0.05) is 19.8 Å². The summed E-state index contributed by atoms with van der Waals surface area (Å²) in [4.78, 5) is 11.8. The van der Waals surface area contributed by atoms with Gasteiger partial charge in [0.1, 0.15) is 5.75 Å². The molecule has 36 heavy (non-hydrogen) atoms. The molecule has 16 heteroatoms. The molecule has 0 radical (unpaired) electrons. The van der Waals surface area contributed by atoms with Crippen LogP contribution in [0.5, 0.6) is 5.75 Å². The van der Waals surface area contributed by atoms with E-state index in [1.165, 1.54) is 0 Å². The maximum Gasteiger partial charge on any atom is 0.460 e. The number of unbranched alkanes of at least 4 members (excludes halogenated alkanes) is 2. The summed E-state index contributed by atoms with van der Waals surface area (Å²) < 4.78 is 179. The molecular formula is C20H19F13O3. The third-order valence-corrected chi connectivity index (χ3v) is 4.75. The summed E-state index contributed by atoms with van der Waals surface area (Å²) in [6, 6.07) is 4.01. The van der Waals surface area contributed by atoms with Gasteiger partial charge in [0.05, 0.1) is 25.2 Å². The number of halogens is 13. The molecule has 0 unspecified atom stereocenters. The highest BCUT2D eigenvalue weighted by Gasteiger charge is 2.90. The molecule has 208 valence electrons. The van der Waals surface area contributed by atoms with Gasteiger partial charge in [-0.15, -0.1) is 0 Å². The summed E-state index contributed by atoms with van der Waals surface area (Å²) >= 11 is 0. The van der Waals surface area contributed by atoms with Crippen molar-refractivity contribution in [2.75, 3.05) is 13.2 Å². The van der Waals surface area contributed by atoms with Crippen LogP contribution in [0, 0.1) is 0 Å². The van der Waals surface area contributed by atoms with E-state index in [9.17, 15) is 61.9 Å². The summed E-state index contributed by atoms with van der Waals surface area (Å²) in [5.41, 5.74) is -0.0387. The second-order valence-electron chi connectivity index (χ2n) is 7.47. The van der Waals surface area contributed by atoms with Gasteiger partial charge >= 0.3 is 41.8 Å². The standard InChI is InChI=1S/C20H19F13O3/c1-2-3-4-10-36-14(34)12-5-7-13(8-6-12)35-11-9-15(21,22)16(23,24)17(25,26)18(27,28)19(29,30)20(31,32)33/h5-8H,2-4,9-11H2,1H3. The highest BCUT2D eigenvalue weighted by atomic mass is 19.4. The lowest BCUT2D eigenvalue weighted by atomic mass is 9.93. The first-order valence-corrected chi connectivity index (χ1v) is 10.0. The molecule has 0 N–H and O–H groups in total. The number of carbonyl (C=O) groups is 1. The van der Waals surface area contributed by atoms with E-state index in [4.69, 9.17) is 4.74 Å². The van der Waals surface area contributed by atoms with Crippen molar-refractivity contribution in [3.8, 4) is 5.75 Å². The minimum atomic E-state index is -7.94. The van der Waals surface area contributed by atoms with Crippen LogP contribution in [0.25, 0.3) is 0 Å². The van der Waals surface area contributed by atoms with Gasteiger partial charge in [-0.2, -0.15) is 57.1 Å². The van der Waals surface area contributed by atoms with Crippen LogP contribution in [0.1, 0.15) is 43.0 Å². The van der Waals surface area contributed by atoms with E-state index in [0.29, 0.717) is 6.42 Å². The van der Waals surface area contributed by atoms with E-state index in [2.05, 4.69) is 4.74 Å². The first-order chi connectivity index (χ1) is 16.2. The molecule has 0 bridgehead atoms. The second kappa shape index (κ2) is 10.9. The van der Waals surface area contributed by atoms with E-state index in [1.807, 2.05) is 6.92 Å². The Morgan fingerprint density at radius 2 is 1.19 bits per heavy atom. The molecule has 1 aromatic carbocycles. The zero-order valence-corrected chi connectivity index (χ0v) is 18.2. The van der Waals surface area contributed by atoms with Gasteiger partial charge in [0.25, 0.3) is 0 Å². The number of rotatable bonds is 13. The molecule has 1 rings (SSSR count). The lowest BCUT2D eigenvalue weighted by Crippen LogP contribution is -2.70. The Hall–Kier alpha value is -2.42. The number of hydrogen-bond donors (Lipinski definition) is 0. The molecule has 0 saturated heterocycles. The number of hydrogen-bond acceptors (Lipinski definition) is 3. The fourth-order valence-electron chi connectivity index (χ4n) is 2.54. The Kier molecular flexibility index (Phi) is 9.58. The van der Waals surface area contributed by atoms with E-state index in [1.54, 1.807) is 0 Å². The van der Waals surface area contributed by atoms with Gasteiger partial charge in [0.15, 0.2) is 0 Å². The Bertz CT molecular complexity index is 865. The summed E-state index contributed by atoms with van der Waals surface area (Å²) in [6.45, 7) is 0.429.